The van der Waals surface area contributed by atoms with Crippen LogP contribution in [-0.2, 0) is 0 Å². The summed E-state index contributed by atoms with van der Waals surface area (Å²) in [6.45, 7) is 2.77. The predicted molar refractivity (Wildman–Crippen MR) is 124 cm³/mol. The maximum atomic E-state index is 12.0. The maximum Gasteiger partial charge on any atom is 0.358 e. The van der Waals surface area contributed by atoms with Crippen molar-refractivity contribution in [3.05, 3.63) is 39.6 Å². The normalized spacial score (nSPS) is 23.2. The lowest BCUT2D eigenvalue weighted by Crippen LogP contribution is -2.49. The van der Waals surface area contributed by atoms with Gasteiger partial charge in [0.25, 0.3) is 0 Å². The number of nitrogens with zero attached hydrogens (tertiary/aromatic N) is 3. The number of aromatic carboxylic acids is 1. The lowest BCUT2D eigenvalue weighted by molar-refractivity contribution is 0.0690. The smallest absolute Gasteiger partial charge is 0.358 e. The number of carboxylic acids is 1. The van der Waals surface area contributed by atoms with Crippen molar-refractivity contribution in [2.75, 3.05) is 29.5 Å². The van der Waals surface area contributed by atoms with E-state index in [4.69, 9.17) is 28.9 Å². The van der Waals surface area contributed by atoms with Crippen LogP contribution in [-0.4, -0.2) is 60.8 Å². The van der Waals surface area contributed by atoms with E-state index in [1.807, 2.05) is 4.90 Å². The Morgan fingerprint density at radius 3 is 2.52 bits per heavy atom. The minimum Gasteiger partial charge on any atom is -0.476 e. The van der Waals surface area contributed by atoms with Gasteiger partial charge in [-0.25, -0.2) is 14.8 Å². The van der Waals surface area contributed by atoms with Crippen LogP contribution < -0.4 is 10.6 Å². The highest BCUT2D eigenvalue weighted by Gasteiger charge is 2.50. The monoisotopic (exact) mass is 486 g/mol. The van der Waals surface area contributed by atoms with E-state index in [0.29, 0.717) is 64.5 Å². The Morgan fingerprint density at radius 1 is 1.26 bits per heavy atom. The SMILES string of the molecule is Cc1nc(N2CCC3(CC2)CS(O)(O)C[C@H]3N)c(C(=O)O)nc1-c1cccc(Cl)c1Cl. The first-order valence-electron chi connectivity index (χ1n) is 9.83. The first-order valence-corrected chi connectivity index (χ1v) is 12.5. The van der Waals surface area contributed by atoms with Crippen molar-refractivity contribution < 1.29 is 19.0 Å². The van der Waals surface area contributed by atoms with Gasteiger partial charge in [0.15, 0.2) is 11.5 Å². The number of halogens is 2. The van der Waals surface area contributed by atoms with Gasteiger partial charge in [-0.2, -0.15) is 10.6 Å². The summed E-state index contributed by atoms with van der Waals surface area (Å²) in [5, 5.41) is 10.5. The van der Waals surface area contributed by atoms with Gasteiger partial charge >= 0.3 is 5.97 Å². The van der Waals surface area contributed by atoms with Crippen LogP contribution in [0.4, 0.5) is 5.82 Å². The average molecular weight is 487 g/mol. The van der Waals surface area contributed by atoms with Gasteiger partial charge in [0.05, 0.1) is 27.2 Å². The molecule has 4 rings (SSSR count). The lowest BCUT2D eigenvalue weighted by atomic mass is 9.75. The molecule has 0 aliphatic carbocycles. The summed E-state index contributed by atoms with van der Waals surface area (Å²) in [6.07, 6.45) is 1.26. The Balaban J connectivity index is 1.66. The molecule has 0 unspecified atom stereocenters. The largest absolute Gasteiger partial charge is 0.476 e. The Morgan fingerprint density at radius 2 is 1.94 bits per heavy atom. The Labute approximate surface area is 191 Å². The van der Waals surface area contributed by atoms with Gasteiger partial charge in [-0.3, -0.25) is 9.11 Å². The molecule has 2 saturated heterocycles. The molecule has 5 N–H and O–H groups in total. The van der Waals surface area contributed by atoms with E-state index in [0.717, 1.165) is 0 Å². The minimum atomic E-state index is -2.65. The second kappa shape index (κ2) is 8.06. The van der Waals surface area contributed by atoms with Crippen LogP contribution in [0, 0.1) is 12.3 Å². The Hall–Kier alpha value is -1.62. The van der Waals surface area contributed by atoms with Crippen molar-refractivity contribution in [3.63, 3.8) is 0 Å². The van der Waals surface area contributed by atoms with Crippen LogP contribution in [0.5, 0.6) is 0 Å². The Kier molecular flexibility index (Phi) is 5.87. The van der Waals surface area contributed by atoms with E-state index < -0.39 is 16.6 Å². The standard InChI is InChI=1S/C20H24Cl2N4O4S/c1-11-16(12-3-2-4-13(21)15(12)22)25-17(19(27)28)18(24-11)26-7-5-20(6-8-26)10-31(29,30)9-14(20)23/h2-4,14,29-30H,5-10,23H2,1H3,(H,27,28)/t14-/m1/s1. The number of anilines is 1. The van der Waals surface area contributed by atoms with Crippen LogP contribution in [0.2, 0.25) is 10.0 Å². The summed E-state index contributed by atoms with van der Waals surface area (Å²) < 4.78 is 20.2. The second-order valence-electron chi connectivity index (χ2n) is 8.31. The van der Waals surface area contributed by atoms with Crippen LogP contribution >= 0.6 is 33.8 Å². The van der Waals surface area contributed by atoms with Crippen molar-refractivity contribution >= 4 is 45.6 Å². The number of aromatic nitrogens is 2. The third-order valence-electron chi connectivity index (χ3n) is 6.27. The van der Waals surface area contributed by atoms with Crippen molar-refractivity contribution in [2.45, 2.75) is 25.8 Å². The zero-order valence-corrected chi connectivity index (χ0v) is 19.2. The van der Waals surface area contributed by atoms with E-state index in [1.54, 1.807) is 25.1 Å². The molecule has 1 aromatic heterocycles. The second-order valence-corrected chi connectivity index (χ2v) is 11.3. The molecule has 2 fully saturated rings. The van der Waals surface area contributed by atoms with Crippen LogP contribution in [0.1, 0.15) is 29.0 Å². The predicted octanol–water partition coefficient (Wildman–Crippen LogP) is 4.14. The zero-order valence-electron chi connectivity index (χ0n) is 16.9. The third kappa shape index (κ3) is 4.10. The molecule has 11 heteroatoms. The van der Waals surface area contributed by atoms with E-state index in [2.05, 4.69) is 9.97 Å². The molecule has 1 aromatic carbocycles. The van der Waals surface area contributed by atoms with Gasteiger partial charge in [0.1, 0.15) is 0 Å². The number of piperidine rings is 1. The maximum absolute atomic E-state index is 12.0. The van der Waals surface area contributed by atoms with Crippen molar-refractivity contribution in [2.24, 2.45) is 11.1 Å². The highest BCUT2D eigenvalue weighted by atomic mass is 35.5. The van der Waals surface area contributed by atoms with Gasteiger partial charge in [0.2, 0.25) is 0 Å². The summed E-state index contributed by atoms with van der Waals surface area (Å²) in [5.74, 6) is -0.368. The van der Waals surface area contributed by atoms with Gasteiger partial charge in [-0.1, -0.05) is 35.3 Å². The molecule has 0 saturated carbocycles. The number of hydrogen-bond donors (Lipinski definition) is 4. The highest BCUT2D eigenvalue weighted by Crippen LogP contribution is 2.57. The molecule has 0 radical (unpaired) electrons. The number of carbonyl (C=O) groups is 1. The van der Waals surface area contributed by atoms with E-state index in [-0.39, 0.29) is 22.9 Å². The molecule has 2 aliphatic heterocycles. The zero-order chi connectivity index (χ0) is 22.6. The molecule has 168 valence electrons. The molecule has 1 atom stereocenters. The fourth-order valence-electron chi connectivity index (χ4n) is 4.58. The van der Waals surface area contributed by atoms with E-state index in [9.17, 15) is 19.0 Å². The van der Waals surface area contributed by atoms with Crippen molar-refractivity contribution in [1.82, 2.24) is 9.97 Å². The van der Waals surface area contributed by atoms with Crippen molar-refractivity contribution in [3.8, 4) is 11.3 Å². The number of nitrogens with two attached hydrogens (primary N) is 1. The molecule has 1 spiro atoms. The minimum absolute atomic E-state index is 0.160. The van der Waals surface area contributed by atoms with E-state index in [1.165, 1.54) is 0 Å². The Bertz CT molecular complexity index is 1040. The average Bonchev–Trinajstić information content (AvgIpc) is 2.92. The summed E-state index contributed by atoms with van der Waals surface area (Å²) in [6, 6.07) is 4.81. The molecule has 0 amide bonds. The molecule has 8 nitrogen and oxygen atoms in total. The third-order valence-corrected chi connectivity index (χ3v) is 9.02. The number of carboxylic acid groups (broad SMARTS) is 1. The van der Waals surface area contributed by atoms with Crippen LogP contribution in [0.15, 0.2) is 18.2 Å². The van der Waals surface area contributed by atoms with Gasteiger partial charge in [0, 0.05) is 35.9 Å². The summed E-state index contributed by atoms with van der Waals surface area (Å²) in [7, 11) is -2.65. The molecule has 31 heavy (non-hydrogen) atoms. The molecule has 2 aliphatic rings. The molecular weight excluding hydrogens is 463 g/mol. The molecule has 0 bridgehead atoms. The summed E-state index contributed by atoms with van der Waals surface area (Å²) in [4.78, 5) is 22.9. The summed E-state index contributed by atoms with van der Waals surface area (Å²) in [5.41, 5.74) is 7.19. The molecule has 3 heterocycles. The van der Waals surface area contributed by atoms with Crippen LogP contribution in [0.3, 0.4) is 0 Å². The number of benzene rings is 1. The van der Waals surface area contributed by atoms with Gasteiger partial charge < -0.3 is 15.7 Å². The van der Waals surface area contributed by atoms with Crippen LogP contribution in [0.25, 0.3) is 11.3 Å². The summed E-state index contributed by atoms with van der Waals surface area (Å²) >= 11 is 12.4. The fourth-order valence-corrected chi connectivity index (χ4v) is 7.44. The molecule has 2 aromatic rings. The highest BCUT2D eigenvalue weighted by molar-refractivity contribution is 8.24. The number of hydrogen-bond acceptors (Lipinski definition) is 7. The lowest BCUT2D eigenvalue weighted by Gasteiger charge is -2.42. The van der Waals surface area contributed by atoms with Crippen molar-refractivity contribution in [1.29, 1.82) is 0 Å². The number of rotatable bonds is 3. The first-order chi connectivity index (χ1) is 14.5. The first kappa shape index (κ1) is 22.6. The number of aryl methyl sites for hydroxylation is 1. The quantitative estimate of drug-likeness (QED) is 0.508. The van der Waals surface area contributed by atoms with E-state index >= 15 is 0 Å². The van der Waals surface area contributed by atoms with Gasteiger partial charge in [-0.05, 0) is 25.8 Å². The fraction of sp³-hybridized carbons (Fsp3) is 0.450. The molecular formula is C20H24Cl2N4O4S. The van der Waals surface area contributed by atoms with Gasteiger partial charge in [-0.15, -0.1) is 0 Å². The topological polar surface area (TPSA) is 133 Å².